The molecule has 21 nitrogen and oxygen atoms in total. The monoisotopic (exact) mass is 1120 g/mol. The molecule has 0 aromatic heterocycles. The number of nitrogens with two attached hydrogens (primary N) is 3. The molecule has 1 rings (SSSR count). The van der Waals surface area contributed by atoms with Gasteiger partial charge in [0.15, 0.2) is 24.0 Å². The van der Waals surface area contributed by atoms with E-state index in [4.69, 9.17) is 40.9 Å². The molecule has 21 heteroatoms. The summed E-state index contributed by atoms with van der Waals surface area (Å²) in [5.74, 6) is -7.09. The van der Waals surface area contributed by atoms with Crippen molar-refractivity contribution in [3.63, 3.8) is 0 Å². The topological polar surface area (TPSA) is 340 Å². The normalized spacial score (nSPS) is 20.1. The average molecular weight is 1120 g/mol. The van der Waals surface area contributed by atoms with Crippen LogP contribution in [0.25, 0.3) is 0 Å². The van der Waals surface area contributed by atoms with E-state index in [1.807, 2.05) is 0 Å². The number of aliphatic hydroxyl groups excluding tert-OH is 4. The van der Waals surface area contributed by atoms with Crippen molar-refractivity contribution in [2.24, 2.45) is 17.2 Å². The van der Waals surface area contributed by atoms with Gasteiger partial charge in [-0.3, -0.25) is 28.8 Å². The number of aliphatic hydroxyl groups is 4. The Labute approximate surface area is 465 Å². The van der Waals surface area contributed by atoms with Gasteiger partial charge in [0.1, 0.15) is 24.4 Å². The van der Waals surface area contributed by atoms with Crippen LogP contribution in [0.5, 0.6) is 0 Å². The van der Waals surface area contributed by atoms with Gasteiger partial charge < -0.3 is 71.5 Å². The van der Waals surface area contributed by atoms with Crippen molar-refractivity contribution in [3.05, 3.63) is 0 Å². The van der Waals surface area contributed by atoms with E-state index < -0.39 is 141 Å². The first kappa shape index (κ1) is 72.2. The van der Waals surface area contributed by atoms with E-state index in [9.17, 15) is 54.0 Å². The first-order chi connectivity index (χ1) is 37.2. The van der Waals surface area contributed by atoms with Crippen LogP contribution in [0.3, 0.4) is 0 Å². The molecular weight excluding hydrogens is 1010 g/mol. The van der Waals surface area contributed by atoms with Crippen molar-refractivity contribution in [2.75, 3.05) is 19.8 Å². The highest BCUT2D eigenvalue weighted by atomic mass is 16.6. The Morgan fingerprint density at radius 1 is 0.667 bits per heavy atom. The maximum atomic E-state index is 14.9. The highest BCUT2D eigenvalue weighted by Crippen LogP contribution is 2.32. The van der Waals surface area contributed by atoms with E-state index in [0.717, 1.165) is 70.1 Å². The van der Waals surface area contributed by atoms with E-state index >= 15 is 0 Å². The van der Waals surface area contributed by atoms with Gasteiger partial charge in [-0.25, -0.2) is 4.79 Å². The molecule has 0 radical (unpaired) electrons. The summed E-state index contributed by atoms with van der Waals surface area (Å²) in [6.45, 7) is 7.01. The van der Waals surface area contributed by atoms with Gasteiger partial charge in [0.05, 0.1) is 31.4 Å². The van der Waals surface area contributed by atoms with Crippen LogP contribution in [0.4, 0.5) is 0 Å². The van der Waals surface area contributed by atoms with Crippen molar-refractivity contribution < 1.29 is 77.7 Å². The molecule has 0 spiro atoms. The Kier molecular flexibility index (Phi) is 38.9. The minimum absolute atomic E-state index is 0.0936. The third kappa shape index (κ3) is 28.5. The molecule has 0 aromatic carbocycles. The zero-order valence-corrected chi connectivity index (χ0v) is 48.5. The lowest BCUT2D eigenvalue weighted by molar-refractivity contribution is -0.264. The van der Waals surface area contributed by atoms with Crippen LogP contribution in [0.15, 0.2) is 0 Å². The molecule has 78 heavy (non-hydrogen) atoms. The number of rotatable bonds is 46. The lowest BCUT2D eigenvalue weighted by Gasteiger charge is -2.46. The van der Waals surface area contributed by atoms with Crippen molar-refractivity contribution in [1.29, 1.82) is 0 Å². The van der Waals surface area contributed by atoms with Gasteiger partial charge in [-0.2, -0.15) is 0 Å². The maximum Gasteiger partial charge on any atom is 0.343 e. The zero-order chi connectivity index (χ0) is 58.5. The largest absolute Gasteiger partial charge is 0.456 e. The van der Waals surface area contributed by atoms with E-state index in [2.05, 4.69) is 19.2 Å². The third-order valence-electron chi connectivity index (χ3n) is 14.6. The molecule has 1 aliphatic heterocycles. The summed E-state index contributed by atoms with van der Waals surface area (Å²) in [5, 5.41) is 44.7. The Morgan fingerprint density at radius 2 is 1.10 bits per heavy atom. The number of unbranched alkanes of at least 4 members (excludes halogenated alkanes) is 24. The van der Waals surface area contributed by atoms with E-state index in [-0.39, 0.29) is 12.8 Å². The van der Waals surface area contributed by atoms with E-state index in [1.165, 1.54) is 104 Å². The predicted molar refractivity (Wildman–Crippen MR) is 295 cm³/mol. The first-order valence-electron chi connectivity index (χ1n) is 29.6. The maximum absolute atomic E-state index is 14.9. The van der Waals surface area contributed by atoms with Crippen molar-refractivity contribution in [2.45, 2.75) is 301 Å². The molecule has 2 unspecified atom stereocenters. The smallest absolute Gasteiger partial charge is 0.343 e. The lowest BCUT2D eigenvalue weighted by Crippen LogP contribution is -2.68. The molecule has 11 atom stereocenters. The number of ether oxygens (including phenoxy) is 5. The van der Waals surface area contributed by atoms with Crippen molar-refractivity contribution in [1.82, 2.24) is 10.2 Å². The van der Waals surface area contributed by atoms with Gasteiger partial charge in [-0.05, 0) is 40.0 Å². The number of amides is 3. The number of carbonyl (C=O) groups excluding carboxylic acids is 7. The van der Waals surface area contributed by atoms with Crippen LogP contribution < -0.4 is 22.5 Å². The van der Waals surface area contributed by atoms with Crippen LogP contribution in [-0.4, -0.2) is 153 Å². The molecule has 0 saturated carbocycles. The predicted octanol–water partition coefficient (Wildman–Crippen LogP) is 5.71. The second-order valence-electron chi connectivity index (χ2n) is 21.7. The number of carbonyl (C=O) groups is 7. The summed E-state index contributed by atoms with van der Waals surface area (Å²) >= 11 is 0. The third-order valence-corrected chi connectivity index (χ3v) is 14.6. The van der Waals surface area contributed by atoms with Gasteiger partial charge in [0.2, 0.25) is 17.7 Å². The molecule has 0 aliphatic carbocycles. The Hall–Kier alpha value is -3.83. The van der Waals surface area contributed by atoms with Gasteiger partial charge in [-0.1, -0.05) is 168 Å². The highest BCUT2D eigenvalue weighted by Gasteiger charge is 2.57. The van der Waals surface area contributed by atoms with Gasteiger partial charge in [0, 0.05) is 32.7 Å². The molecule has 0 bridgehead atoms. The molecule has 454 valence electrons. The number of nitrogens with one attached hydrogen (secondary N) is 1. The van der Waals surface area contributed by atoms with Gasteiger partial charge >= 0.3 is 23.9 Å². The molecule has 3 amide bonds. The molecule has 1 fully saturated rings. The molecule has 0 aromatic rings. The fourth-order valence-corrected chi connectivity index (χ4v) is 9.73. The van der Waals surface area contributed by atoms with E-state index in [0.29, 0.717) is 25.7 Å². The highest BCUT2D eigenvalue weighted by molar-refractivity contribution is 5.95. The standard InChI is InChI=1S/C57H105N5O16/c1-7-9-11-13-15-17-19-21-23-25-27-29-31-33-46(66)75-45(39-64)52(77-47(67)34-32-30-28-26-24-22-20-18-16-14-12-10-8-2)57(6,56(73)78-48(68)36-35-43(53(60)70)61-54(71)41(4)58)62(42(5)65)37-40(3)74-51-49(59)55(72)76-44(38-63)50(51)69/h40-41,43-45,49-52,55,63-64,69,72H,7-39,58-59H2,1-6H3,(H2,60,70)(H,61,71)/t40?,41-,43-,44+,45-,49+,50+,51+,52?,55-,57+/m0/s1. The molecular formula is C57H105N5O16. The molecule has 11 N–H and O–H groups in total. The summed E-state index contributed by atoms with van der Waals surface area (Å²) < 4.78 is 28.6. The van der Waals surface area contributed by atoms with Gasteiger partial charge in [-0.15, -0.1) is 0 Å². The quantitative estimate of drug-likeness (QED) is 0.0157. The molecule has 1 heterocycles. The second kappa shape index (κ2) is 42.1. The minimum Gasteiger partial charge on any atom is -0.456 e. The summed E-state index contributed by atoms with van der Waals surface area (Å²) in [4.78, 5) is 95.6. The number of nitrogens with zero attached hydrogens (tertiary/aromatic N) is 1. The summed E-state index contributed by atoms with van der Waals surface area (Å²) in [6, 6.07) is -3.81. The SMILES string of the molecule is CCCCCCCCCCCCCCCC(=O)OC([C@H](CO)OC(=O)CCCCCCCCCCCCCCC)[C@](C)(C(=O)OC(=O)CC[C@H](NC(=O)[C@H](C)N)C(N)=O)N(CC(C)O[C@@H]1[C@@H](N)[C@@H](O)O[C@H](CO)[C@H]1O)C(C)=O. The molecule has 1 saturated heterocycles. The average Bonchev–Trinajstić information content (AvgIpc) is 3.44. The van der Waals surface area contributed by atoms with Crippen molar-refractivity contribution in [3.8, 4) is 0 Å². The fourth-order valence-electron chi connectivity index (χ4n) is 9.73. The van der Waals surface area contributed by atoms with Crippen LogP contribution >= 0.6 is 0 Å². The number of hydrogen-bond acceptors (Lipinski definition) is 18. The Bertz CT molecular complexity index is 1710. The van der Waals surface area contributed by atoms with Gasteiger partial charge in [0.25, 0.3) is 0 Å². The number of esters is 4. The Balaban J connectivity index is 3.54. The van der Waals surface area contributed by atoms with E-state index in [1.54, 1.807) is 0 Å². The summed E-state index contributed by atoms with van der Waals surface area (Å²) in [6.07, 6.45) is 15.2. The lowest BCUT2D eigenvalue weighted by atomic mass is 9.87. The summed E-state index contributed by atoms with van der Waals surface area (Å²) in [7, 11) is 0. The van der Waals surface area contributed by atoms with Crippen LogP contribution in [0, 0.1) is 0 Å². The van der Waals surface area contributed by atoms with Crippen molar-refractivity contribution >= 4 is 41.6 Å². The Morgan fingerprint density at radius 3 is 1.50 bits per heavy atom. The second-order valence-corrected chi connectivity index (χ2v) is 21.7. The van der Waals surface area contributed by atoms with Crippen LogP contribution in [0.1, 0.15) is 234 Å². The minimum atomic E-state index is -2.62. The fraction of sp³-hybridized carbons (Fsp3) is 0.877. The first-order valence-corrected chi connectivity index (χ1v) is 29.6. The number of hydrogen-bond donors (Lipinski definition) is 8. The number of primary amides is 1. The van der Waals surface area contributed by atoms with Crippen LogP contribution in [-0.2, 0) is 57.2 Å². The van der Waals surface area contributed by atoms with Crippen LogP contribution in [0.2, 0.25) is 0 Å². The molecule has 1 aliphatic rings. The zero-order valence-electron chi connectivity index (χ0n) is 48.5. The summed E-state index contributed by atoms with van der Waals surface area (Å²) in [5.41, 5.74) is 14.6.